The zero-order chi connectivity index (χ0) is 15.4. The van der Waals surface area contributed by atoms with Crippen molar-refractivity contribution < 1.29 is 41.5 Å². The van der Waals surface area contributed by atoms with E-state index in [2.05, 4.69) is 4.84 Å². The van der Waals surface area contributed by atoms with Gasteiger partial charge in [0.05, 0.1) is 0 Å². The van der Waals surface area contributed by atoms with Gasteiger partial charge in [0.15, 0.2) is 29.9 Å². The van der Waals surface area contributed by atoms with Gasteiger partial charge in [0.25, 0.3) is 0 Å². The second-order valence-corrected chi connectivity index (χ2v) is 3.18. The van der Waals surface area contributed by atoms with Crippen molar-refractivity contribution in [2.45, 2.75) is 0 Å². The van der Waals surface area contributed by atoms with E-state index in [4.69, 9.17) is 5.11 Å². The van der Waals surface area contributed by atoms with Gasteiger partial charge in [0, 0.05) is 0 Å². The van der Waals surface area contributed by atoms with Gasteiger partial charge in [0.1, 0.15) is 5.69 Å². The number of anilines is 1. The van der Waals surface area contributed by atoms with Gasteiger partial charge in [-0.2, -0.15) is 0 Å². The number of rotatable bonds is 4. The Morgan fingerprint density at radius 3 is 1.85 bits per heavy atom. The third kappa shape index (κ3) is 3.32. The Morgan fingerprint density at radius 2 is 1.40 bits per heavy atom. The summed E-state index contributed by atoms with van der Waals surface area (Å²) in [5.41, 5.74) is -0.232. The van der Waals surface area contributed by atoms with Crippen LogP contribution in [-0.4, -0.2) is 23.7 Å². The van der Waals surface area contributed by atoms with E-state index in [9.17, 15) is 31.5 Å². The molecule has 1 aromatic rings. The Bertz CT molecular complexity index is 537. The molecule has 1 aromatic carbocycles. The molecular weight excluding hydrogens is 295 g/mol. The van der Waals surface area contributed by atoms with Crippen LogP contribution in [0.15, 0.2) is 0 Å². The molecule has 0 aliphatic rings. The van der Waals surface area contributed by atoms with Crippen molar-refractivity contribution in [1.82, 2.24) is 5.48 Å². The number of hydrogen-bond acceptors (Lipinski definition) is 3. The first kappa shape index (κ1) is 15.6. The van der Waals surface area contributed by atoms with Crippen molar-refractivity contribution in [2.75, 3.05) is 11.9 Å². The molecule has 11 heteroatoms. The first-order valence-electron chi connectivity index (χ1n) is 4.67. The lowest BCUT2D eigenvalue weighted by Crippen LogP contribution is -2.31. The third-order valence-electron chi connectivity index (χ3n) is 1.81. The van der Waals surface area contributed by atoms with Crippen LogP contribution in [0.2, 0.25) is 0 Å². The van der Waals surface area contributed by atoms with E-state index in [1.165, 1.54) is 10.8 Å². The van der Waals surface area contributed by atoms with Crippen LogP contribution in [0, 0.1) is 29.1 Å². The SMILES string of the molecule is O=C(O)CONC(=O)Nc1c(F)c(F)c(F)c(F)c1F. The van der Waals surface area contributed by atoms with Gasteiger partial charge < -0.3 is 10.4 Å². The second-order valence-electron chi connectivity index (χ2n) is 3.18. The minimum Gasteiger partial charge on any atom is -0.479 e. The largest absolute Gasteiger partial charge is 0.479 e. The summed E-state index contributed by atoms with van der Waals surface area (Å²) >= 11 is 0. The van der Waals surface area contributed by atoms with Gasteiger partial charge in [-0.15, -0.1) is 0 Å². The fraction of sp³-hybridized carbons (Fsp3) is 0.111. The van der Waals surface area contributed by atoms with Gasteiger partial charge in [-0.05, 0) is 0 Å². The fourth-order valence-electron chi connectivity index (χ4n) is 1.02. The molecule has 3 N–H and O–H groups in total. The molecule has 1 rings (SSSR count). The standard InChI is InChI=1S/C9H5F5N2O4/c10-3-4(11)6(13)8(7(14)5(3)12)15-9(19)16-20-1-2(17)18/h1H2,(H,17,18)(H2,15,16,19). The van der Waals surface area contributed by atoms with E-state index in [0.717, 1.165) is 0 Å². The highest BCUT2D eigenvalue weighted by Gasteiger charge is 2.26. The number of carboxylic acid groups (broad SMARTS) is 1. The number of carbonyl (C=O) groups excluding carboxylic acids is 1. The third-order valence-corrected chi connectivity index (χ3v) is 1.81. The number of amides is 2. The van der Waals surface area contributed by atoms with Gasteiger partial charge in [-0.3, -0.25) is 4.84 Å². The summed E-state index contributed by atoms with van der Waals surface area (Å²) < 4.78 is 64.4. The highest BCUT2D eigenvalue weighted by atomic mass is 19.2. The molecule has 0 radical (unpaired) electrons. The lowest BCUT2D eigenvalue weighted by Gasteiger charge is -2.10. The molecule has 0 saturated heterocycles. The molecule has 0 unspecified atom stereocenters. The summed E-state index contributed by atoms with van der Waals surface area (Å²) in [5.74, 6) is -12.9. The predicted octanol–water partition coefficient (Wildman–Crippen LogP) is 1.52. The Kier molecular flexibility index (Phi) is 4.80. The van der Waals surface area contributed by atoms with E-state index in [0.29, 0.717) is 0 Å². The summed E-state index contributed by atoms with van der Waals surface area (Å²) in [4.78, 5) is 25.0. The number of benzene rings is 1. The minimum absolute atomic E-state index is 0.982. The first-order valence-corrected chi connectivity index (χ1v) is 4.67. The molecule has 6 nitrogen and oxygen atoms in total. The van der Waals surface area contributed by atoms with Gasteiger partial charge in [0.2, 0.25) is 5.82 Å². The van der Waals surface area contributed by atoms with E-state index in [-0.39, 0.29) is 0 Å². The van der Waals surface area contributed by atoms with Crippen LogP contribution in [0.5, 0.6) is 0 Å². The number of hydrogen-bond donors (Lipinski definition) is 3. The molecule has 0 aromatic heterocycles. The number of aliphatic carboxylic acids is 1. The van der Waals surface area contributed by atoms with Crippen LogP contribution in [0.1, 0.15) is 0 Å². The van der Waals surface area contributed by atoms with Crippen LogP contribution in [0.3, 0.4) is 0 Å². The van der Waals surface area contributed by atoms with Gasteiger partial charge in [-0.1, -0.05) is 0 Å². The summed E-state index contributed by atoms with van der Waals surface area (Å²) in [6.07, 6.45) is 0. The molecule has 110 valence electrons. The zero-order valence-electron chi connectivity index (χ0n) is 9.27. The maximum Gasteiger partial charge on any atom is 0.343 e. The lowest BCUT2D eigenvalue weighted by molar-refractivity contribution is -0.143. The highest BCUT2D eigenvalue weighted by Crippen LogP contribution is 2.26. The normalized spacial score (nSPS) is 10.2. The van der Waals surface area contributed by atoms with E-state index >= 15 is 0 Å². The van der Waals surface area contributed by atoms with Crippen molar-refractivity contribution in [3.05, 3.63) is 29.1 Å². The Hall–Kier alpha value is -2.43. The average Bonchev–Trinajstić information content (AvgIpc) is 2.39. The quantitative estimate of drug-likeness (QED) is 0.340. The van der Waals surface area contributed by atoms with Crippen LogP contribution < -0.4 is 10.8 Å². The average molecular weight is 300 g/mol. The van der Waals surface area contributed by atoms with Crippen LogP contribution >= 0.6 is 0 Å². The van der Waals surface area contributed by atoms with Crippen LogP contribution in [0.4, 0.5) is 32.4 Å². The topological polar surface area (TPSA) is 87.7 Å². The molecule has 0 bridgehead atoms. The number of hydroxylamine groups is 1. The maximum atomic E-state index is 13.1. The van der Waals surface area contributed by atoms with Crippen LogP contribution in [0.25, 0.3) is 0 Å². The van der Waals surface area contributed by atoms with Gasteiger partial charge in [-0.25, -0.2) is 37.0 Å². The number of carbonyl (C=O) groups is 2. The molecule has 0 spiro atoms. The zero-order valence-corrected chi connectivity index (χ0v) is 9.27. The smallest absolute Gasteiger partial charge is 0.343 e. The predicted molar refractivity (Wildman–Crippen MR) is 52.0 cm³/mol. The van der Waals surface area contributed by atoms with Crippen molar-refractivity contribution in [1.29, 1.82) is 0 Å². The molecule has 0 fully saturated rings. The Labute approximate surface area is 107 Å². The van der Waals surface area contributed by atoms with Crippen molar-refractivity contribution in [3.63, 3.8) is 0 Å². The van der Waals surface area contributed by atoms with E-state index in [1.807, 2.05) is 0 Å². The fourth-order valence-corrected chi connectivity index (χ4v) is 1.02. The van der Waals surface area contributed by atoms with Crippen molar-refractivity contribution in [3.8, 4) is 0 Å². The Morgan fingerprint density at radius 1 is 0.950 bits per heavy atom. The molecule has 0 heterocycles. The van der Waals surface area contributed by atoms with Crippen molar-refractivity contribution >= 4 is 17.7 Å². The Balaban J connectivity index is 2.88. The maximum absolute atomic E-state index is 13.1. The summed E-state index contributed by atoms with van der Waals surface area (Å²) in [6, 6.07) is -1.53. The summed E-state index contributed by atoms with van der Waals surface area (Å²) in [6.45, 7) is -0.982. The first-order chi connectivity index (χ1) is 9.25. The van der Waals surface area contributed by atoms with Crippen molar-refractivity contribution in [2.24, 2.45) is 0 Å². The van der Waals surface area contributed by atoms with E-state index < -0.39 is 53.4 Å². The molecule has 0 saturated carbocycles. The monoisotopic (exact) mass is 300 g/mol. The van der Waals surface area contributed by atoms with Crippen LogP contribution in [-0.2, 0) is 9.63 Å². The number of halogens is 5. The summed E-state index contributed by atoms with van der Waals surface area (Å²) in [7, 11) is 0. The lowest BCUT2D eigenvalue weighted by atomic mass is 10.2. The molecule has 0 aliphatic carbocycles. The molecule has 2 amide bonds. The summed E-state index contributed by atoms with van der Waals surface area (Å²) in [5, 5.41) is 9.45. The number of nitrogens with one attached hydrogen (secondary N) is 2. The number of urea groups is 1. The second kappa shape index (κ2) is 6.14. The molecule has 0 aliphatic heterocycles. The van der Waals surface area contributed by atoms with E-state index in [1.54, 1.807) is 0 Å². The highest BCUT2D eigenvalue weighted by molar-refractivity contribution is 5.88. The number of carboxylic acids is 1. The molecule has 0 atom stereocenters. The minimum atomic E-state index is -2.38. The molecule has 20 heavy (non-hydrogen) atoms. The van der Waals surface area contributed by atoms with Gasteiger partial charge >= 0.3 is 12.0 Å². The molecular formula is C9H5F5N2O4.